The first kappa shape index (κ1) is 14.5. The van der Waals surface area contributed by atoms with Crippen molar-refractivity contribution in [3.05, 3.63) is 16.1 Å². The minimum absolute atomic E-state index is 0.0533. The van der Waals surface area contributed by atoms with E-state index in [-0.39, 0.29) is 17.2 Å². The van der Waals surface area contributed by atoms with Crippen LogP contribution in [0, 0.1) is 6.92 Å². The third-order valence-corrected chi connectivity index (χ3v) is 6.09. The summed E-state index contributed by atoms with van der Waals surface area (Å²) in [5.74, 6) is -0.140. The highest BCUT2D eigenvalue weighted by atomic mass is 32.2. The Bertz CT molecular complexity index is 565. The van der Waals surface area contributed by atoms with Crippen LogP contribution in [0.2, 0.25) is 0 Å². The third kappa shape index (κ3) is 3.54. The van der Waals surface area contributed by atoms with Crippen LogP contribution < -0.4 is 5.32 Å². The van der Waals surface area contributed by atoms with Gasteiger partial charge in [-0.15, -0.1) is 11.3 Å². The van der Waals surface area contributed by atoms with Crippen LogP contribution in [-0.2, 0) is 9.84 Å². The van der Waals surface area contributed by atoms with Crippen molar-refractivity contribution < 1.29 is 13.2 Å². The summed E-state index contributed by atoms with van der Waals surface area (Å²) in [7, 11) is -3.02. The van der Waals surface area contributed by atoms with Gasteiger partial charge in [-0.2, -0.15) is 0 Å². The number of amides is 1. The second kappa shape index (κ2) is 5.58. The molecule has 1 fully saturated rings. The van der Waals surface area contributed by atoms with Gasteiger partial charge in [0.05, 0.1) is 16.5 Å². The molecule has 0 spiro atoms. The van der Waals surface area contributed by atoms with Gasteiger partial charge >= 0.3 is 0 Å². The second-order valence-electron chi connectivity index (χ2n) is 5.06. The summed E-state index contributed by atoms with van der Waals surface area (Å²) in [6, 6.07) is -0.0533. The maximum absolute atomic E-state index is 12.1. The minimum Gasteiger partial charge on any atom is -0.349 e. The Morgan fingerprint density at radius 1 is 1.47 bits per heavy atom. The quantitative estimate of drug-likeness (QED) is 0.919. The van der Waals surface area contributed by atoms with E-state index in [4.69, 9.17) is 0 Å². The zero-order valence-electron chi connectivity index (χ0n) is 11.0. The molecule has 1 aliphatic rings. The van der Waals surface area contributed by atoms with Crippen LogP contribution in [0.3, 0.4) is 0 Å². The Morgan fingerprint density at radius 2 is 2.21 bits per heavy atom. The highest BCUT2D eigenvalue weighted by Gasteiger charge is 2.30. The van der Waals surface area contributed by atoms with Crippen LogP contribution >= 0.6 is 11.3 Å². The molecule has 0 bridgehead atoms. The fraction of sp³-hybridized carbons (Fsp3) is 0.667. The molecule has 0 unspecified atom stereocenters. The summed E-state index contributed by atoms with van der Waals surface area (Å²) in [5, 5.41) is 2.61. The predicted molar refractivity (Wildman–Crippen MR) is 75.2 cm³/mol. The van der Waals surface area contributed by atoms with E-state index in [1.54, 1.807) is 12.4 Å². The van der Waals surface area contributed by atoms with Gasteiger partial charge in [0.1, 0.15) is 14.7 Å². The van der Waals surface area contributed by atoms with Gasteiger partial charge in [-0.1, -0.05) is 6.42 Å². The molecule has 1 heterocycles. The van der Waals surface area contributed by atoms with Crippen molar-refractivity contribution in [2.24, 2.45) is 0 Å². The fourth-order valence-corrected chi connectivity index (χ4v) is 4.32. The van der Waals surface area contributed by atoms with Crippen molar-refractivity contribution in [3.8, 4) is 0 Å². The molecule has 1 aromatic heterocycles. The molecule has 2 rings (SSSR count). The lowest BCUT2D eigenvalue weighted by Gasteiger charge is -2.28. The maximum atomic E-state index is 12.1. The normalized spacial score (nSPS) is 24.1. The number of carbonyl (C=O) groups excluding carboxylic acids is 1. The van der Waals surface area contributed by atoms with Crippen LogP contribution in [0.25, 0.3) is 0 Å². The van der Waals surface area contributed by atoms with Gasteiger partial charge in [-0.05, 0) is 26.2 Å². The number of carbonyl (C=O) groups is 1. The first-order valence-corrected chi connectivity index (χ1v) is 9.11. The average molecular weight is 302 g/mol. The van der Waals surface area contributed by atoms with Gasteiger partial charge in [0.15, 0.2) is 0 Å². The number of hydrogen-bond donors (Lipinski definition) is 1. The van der Waals surface area contributed by atoms with Crippen molar-refractivity contribution in [2.45, 2.75) is 43.9 Å². The molecule has 1 N–H and O–H groups in total. The second-order valence-corrected chi connectivity index (χ2v) is 8.24. The minimum atomic E-state index is -3.02. The SMILES string of the molecule is Cc1ncsc1C(=O)N[C@H]1CCC[C@H](S(C)(=O)=O)C1. The summed E-state index contributed by atoms with van der Waals surface area (Å²) in [6.45, 7) is 1.80. The van der Waals surface area contributed by atoms with Crippen molar-refractivity contribution in [1.82, 2.24) is 10.3 Å². The highest BCUT2D eigenvalue weighted by Crippen LogP contribution is 2.24. The summed E-state index contributed by atoms with van der Waals surface area (Å²) in [4.78, 5) is 16.7. The molecule has 5 nitrogen and oxygen atoms in total. The molecule has 0 aromatic carbocycles. The monoisotopic (exact) mass is 302 g/mol. The molecule has 106 valence electrons. The Kier molecular flexibility index (Phi) is 4.25. The standard InChI is InChI=1S/C12H18N2O3S2/c1-8-11(18-7-13-8)12(15)14-9-4-3-5-10(6-9)19(2,16)17/h7,9-10H,3-6H2,1-2H3,(H,14,15)/t9-,10-/m0/s1. The lowest BCUT2D eigenvalue weighted by atomic mass is 9.95. The lowest BCUT2D eigenvalue weighted by Crippen LogP contribution is -2.41. The van der Waals surface area contributed by atoms with Crippen LogP contribution in [-0.4, -0.2) is 36.9 Å². The Balaban J connectivity index is 2.00. The van der Waals surface area contributed by atoms with E-state index in [0.29, 0.717) is 17.7 Å². The van der Waals surface area contributed by atoms with Crippen molar-refractivity contribution in [1.29, 1.82) is 0 Å². The molecule has 19 heavy (non-hydrogen) atoms. The number of hydrogen-bond acceptors (Lipinski definition) is 5. The average Bonchev–Trinajstić information content (AvgIpc) is 2.75. The van der Waals surface area contributed by atoms with Gasteiger partial charge in [0, 0.05) is 12.3 Å². The third-order valence-electron chi connectivity index (χ3n) is 3.52. The smallest absolute Gasteiger partial charge is 0.263 e. The van der Waals surface area contributed by atoms with Gasteiger partial charge in [-0.25, -0.2) is 13.4 Å². The van der Waals surface area contributed by atoms with E-state index in [9.17, 15) is 13.2 Å². The van der Waals surface area contributed by atoms with E-state index in [1.807, 2.05) is 0 Å². The Labute approximate surface area is 117 Å². The zero-order chi connectivity index (χ0) is 14.0. The molecule has 0 saturated heterocycles. The van der Waals surface area contributed by atoms with Crippen LogP contribution in [0.4, 0.5) is 0 Å². The number of sulfone groups is 1. The first-order chi connectivity index (χ1) is 8.88. The molecule has 2 atom stereocenters. The molecule has 7 heteroatoms. The number of nitrogens with one attached hydrogen (secondary N) is 1. The van der Waals surface area contributed by atoms with Crippen molar-refractivity contribution in [3.63, 3.8) is 0 Å². The number of aryl methyl sites for hydroxylation is 1. The molecule has 1 amide bonds. The first-order valence-electron chi connectivity index (χ1n) is 6.27. The Hall–Kier alpha value is -0.950. The lowest BCUT2D eigenvalue weighted by molar-refractivity contribution is 0.0931. The van der Waals surface area contributed by atoms with Crippen LogP contribution in [0.1, 0.15) is 41.0 Å². The van der Waals surface area contributed by atoms with E-state index < -0.39 is 9.84 Å². The van der Waals surface area contributed by atoms with Crippen LogP contribution in [0.15, 0.2) is 5.51 Å². The number of aromatic nitrogens is 1. The van der Waals surface area contributed by atoms with E-state index >= 15 is 0 Å². The molecular formula is C12H18N2O3S2. The molecule has 1 aliphatic carbocycles. The topological polar surface area (TPSA) is 76.1 Å². The molecule has 1 aromatic rings. The van der Waals surface area contributed by atoms with Crippen molar-refractivity contribution >= 4 is 27.1 Å². The van der Waals surface area contributed by atoms with Gasteiger partial charge in [0.2, 0.25) is 0 Å². The van der Waals surface area contributed by atoms with E-state index in [1.165, 1.54) is 17.6 Å². The van der Waals surface area contributed by atoms with E-state index in [0.717, 1.165) is 18.5 Å². The van der Waals surface area contributed by atoms with Gasteiger partial charge in [0.25, 0.3) is 5.91 Å². The largest absolute Gasteiger partial charge is 0.349 e. The summed E-state index contributed by atoms with van der Waals surface area (Å²) in [5.41, 5.74) is 2.36. The Morgan fingerprint density at radius 3 is 2.79 bits per heavy atom. The zero-order valence-corrected chi connectivity index (χ0v) is 12.7. The van der Waals surface area contributed by atoms with E-state index in [2.05, 4.69) is 10.3 Å². The van der Waals surface area contributed by atoms with Crippen molar-refractivity contribution in [2.75, 3.05) is 6.26 Å². The van der Waals surface area contributed by atoms with Gasteiger partial charge in [-0.3, -0.25) is 4.79 Å². The summed E-state index contributed by atoms with van der Waals surface area (Å²) in [6.07, 6.45) is 4.17. The molecular weight excluding hydrogens is 284 g/mol. The molecule has 0 aliphatic heterocycles. The molecule has 1 saturated carbocycles. The number of rotatable bonds is 3. The maximum Gasteiger partial charge on any atom is 0.263 e. The molecule has 0 radical (unpaired) electrons. The van der Waals surface area contributed by atoms with Crippen LogP contribution in [0.5, 0.6) is 0 Å². The number of nitrogens with zero attached hydrogens (tertiary/aromatic N) is 1. The summed E-state index contributed by atoms with van der Waals surface area (Å²) < 4.78 is 23.2. The summed E-state index contributed by atoms with van der Waals surface area (Å²) >= 11 is 1.31. The van der Waals surface area contributed by atoms with Gasteiger partial charge < -0.3 is 5.32 Å². The number of thiazole rings is 1. The predicted octanol–water partition coefficient (Wildman–Crippen LogP) is 1.54. The highest BCUT2D eigenvalue weighted by molar-refractivity contribution is 7.91. The fourth-order valence-electron chi connectivity index (χ4n) is 2.44.